The van der Waals surface area contributed by atoms with Crippen LogP contribution in [-0.4, -0.2) is 42.6 Å². The van der Waals surface area contributed by atoms with E-state index in [-0.39, 0.29) is 0 Å². The van der Waals surface area contributed by atoms with Gasteiger partial charge in [0.25, 0.3) is 0 Å². The molecule has 1 saturated heterocycles. The maximum atomic E-state index is 4.45. The molecule has 7 heteroatoms. The van der Waals surface area contributed by atoms with E-state index in [0.717, 1.165) is 49.0 Å². The van der Waals surface area contributed by atoms with E-state index in [2.05, 4.69) is 35.9 Å². The summed E-state index contributed by atoms with van der Waals surface area (Å²) in [5, 5.41) is 0. The number of hydrogen-bond acceptors (Lipinski definition) is 6. The number of hydrogen-bond donors (Lipinski definition) is 0. The lowest BCUT2D eigenvalue weighted by Crippen LogP contribution is -2.21. The van der Waals surface area contributed by atoms with E-state index in [9.17, 15) is 0 Å². The van der Waals surface area contributed by atoms with Gasteiger partial charge >= 0.3 is 0 Å². The van der Waals surface area contributed by atoms with Crippen LogP contribution in [0.4, 0.5) is 5.82 Å². The van der Waals surface area contributed by atoms with Crippen LogP contribution in [0, 0.1) is 5.92 Å². The van der Waals surface area contributed by atoms with Gasteiger partial charge in [0.15, 0.2) is 5.82 Å². The first-order valence-corrected chi connectivity index (χ1v) is 8.09. The molecule has 1 atom stereocenters. The predicted molar refractivity (Wildman–Crippen MR) is 90.3 cm³/mol. The Morgan fingerprint density at radius 3 is 2.88 bits per heavy atom. The number of anilines is 1. The summed E-state index contributed by atoms with van der Waals surface area (Å²) in [5.41, 5.74) is 1.94. The molecule has 122 valence electrons. The first-order valence-electron chi connectivity index (χ1n) is 8.09. The van der Waals surface area contributed by atoms with Crippen LogP contribution in [-0.2, 0) is 13.5 Å². The van der Waals surface area contributed by atoms with Gasteiger partial charge in [0, 0.05) is 44.4 Å². The van der Waals surface area contributed by atoms with E-state index in [1.54, 1.807) is 25.0 Å². The van der Waals surface area contributed by atoms with Gasteiger partial charge in [-0.1, -0.05) is 0 Å². The number of aryl methyl sites for hydroxylation is 1. The van der Waals surface area contributed by atoms with Crippen molar-refractivity contribution in [1.82, 2.24) is 29.5 Å². The lowest BCUT2D eigenvalue weighted by Gasteiger charge is -2.16. The summed E-state index contributed by atoms with van der Waals surface area (Å²) in [5.74, 6) is 2.45. The second kappa shape index (κ2) is 6.35. The summed E-state index contributed by atoms with van der Waals surface area (Å²) in [6.07, 6.45) is 10.8. The van der Waals surface area contributed by atoms with Crippen molar-refractivity contribution in [2.75, 3.05) is 18.0 Å². The maximum Gasteiger partial charge on any atom is 0.158 e. The summed E-state index contributed by atoms with van der Waals surface area (Å²) in [4.78, 5) is 23.8. The Labute approximate surface area is 140 Å². The third-order valence-electron chi connectivity index (χ3n) is 4.45. The van der Waals surface area contributed by atoms with Gasteiger partial charge in [-0.05, 0) is 30.9 Å². The zero-order valence-corrected chi connectivity index (χ0v) is 13.6. The van der Waals surface area contributed by atoms with Gasteiger partial charge in [-0.2, -0.15) is 0 Å². The average Bonchev–Trinajstić information content (AvgIpc) is 3.25. The number of rotatable bonds is 4. The van der Waals surface area contributed by atoms with Crippen LogP contribution in [0.3, 0.4) is 0 Å². The molecule has 3 aromatic heterocycles. The number of imidazole rings is 1. The van der Waals surface area contributed by atoms with Crippen molar-refractivity contribution in [1.29, 1.82) is 0 Å². The molecular weight excluding hydrogens is 302 g/mol. The summed E-state index contributed by atoms with van der Waals surface area (Å²) in [7, 11) is 1.97. The molecule has 4 heterocycles. The average molecular weight is 321 g/mol. The highest BCUT2D eigenvalue weighted by Crippen LogP contribution is 2.24. The molecule has 0 aliphatic carbocycles. The van der Waals surface area contributed by atoms with Crippen molar-refractivity contribution >= 4 is 5.82 Å². The highest BCUT2D eigenvalue weighted by molar-refractivity contribution is 5.49. The van der Waals surface area contributed by atoms with Crippen molar-refractivity contribution in [2.24, 2.45) is 13.0 Å². The van der Waals surface area contributed by atoms with E-state index in [1.165, 1.54) is 0 Å². The highest BCUT2D eigenvalue weighted by atomic mass is 15.2. The van der Waals surface area contributed by atoms with Crippen LogP contribution in [0.15, 0.2) is 43.4 Å². The largest absolute Gasteiger partial charge is 0.356 e. The van der Waals surface area contributed by atoms with E-state index >= 15 is 0 Å². The third kappa shape index (κ3) is 2.97. The molecule has 0 spiro atoms. The second-order valence-corrected chi connectivity index (χ2v) is 6.13. The molecule has 1 fully saturated rings. The Bertz CT molecular complexity index is 815. The molecular formula is C17H19N7. The SMILES string of the molecule is Cn1ccnc1-c1cc(C[C@@H]2CCN(c3ccncn3)C2)ncn1. The Morgan fingerprint density at radius 1 is 1.12 bits per heavy atom. The number of nitrogens with zero attached hydrogens (tertiary/aromatic N) is 7. The molecule has 3 aromatic rings. The molecule has 1 aliphatic heterocycles. The zero-order chi connectivity index (χ0) is 16.4. The van der Waals surface area contributed by atoms with Crippen molar-refractivity contribution in [2.45, 2.75) is 12.8 Å². The van der Waals surface area contributed by atoms with Crippen LogP contribution in [0.25, 0.3) is 11.5 Å². The van der Waals surface area contributed by atoms with Crippen LogP contribution >= 0.6 is 0 Å². The first kappa shape index (κ1) is 14.7. The molecule has 0 aromatic carbocycles. The van der Waals surface area contributed by atoms with E-state index in [1.807, 2.05) is 23.9 Å². The molecule has 0 amide bonds. The standard InChI is InChI=1S/C17H19N7/c1-23-7-5-19-17(23)15-9-14(20-12-21-15)8-13-3-6-24(10-13)16-2-4-18-11-22-16/h2,4-5,7,9,11-13H,3,6,8,10H2,1H3/t13-/m0/s1. The fourth-order valence-electron chi connectivity index (χ4n) is 3.22. The lowest BCUT2D eigenvalue weighted by molar-refractivity contribution is 0.576. The van der Waals surface area contributed by atoms with Crippen LogP contribution in [0.5, 0.6) is 0 Å². The van der Waals surface area contributed by atoms with Crippen molar-refractivity contribution in [3.8, 4) is 11.5 Å². The lowest BCUT2D eigenvalue weighted by atomic mass is 10.0. The minimum atomic E-state index is 0.573. The molecule has 7 nitrogen and oxygen atoms in total. The molecule has 0 saturated carbocycles. The monoisotopic (exact) mass is 321 g/mol. The normalized spacial score (nSPS) is 17.4. The minimum Gasteiger partial charge on any atom is -0.356 e. The summed E-state index contributed by atoms with van der Waals surface area (Å²) >= 11 is 0. The molecule has 0 unspecified atom stereocenters. The van der Waals surface area contributed by atoms with Crippen molar-refractivity contribution < 1.29 is 0 Å². The minimum absolute atomic E-state index is 0.573. The fourth-order valence-corrected chi connectivity index (χ4v) is 3.22. The van der Waals surface area contributed by atoms with Gasteiger partial charge in [0.2, 0.25) is 0 Å². The van der Waals surface area contributed by atoms with Gasteiger partial charge in [-0.25, -0.2) is 24.9 Å². The Morgan fingerprint density at radius 2 is 2.08 bits per heavy atom. The van der Waals surface area contributed by atoms with E-state index in [0.29, 0.717) is 5.92 Å². The zero-order valence-electron chi connectivity index (χ0n) is 13.6. The van der Waals surface area contributed by atoms with Crippen LogP contribution < -0.4 is 4.90 Å². The Hall–Kier alpha value is -2.83. The summed E-state index contributed by atoms with van der Waals surface area (Å²) in [6.45, 7) is 2.03. The quantitative estimate of drug-likeness (QED) is 0.729. The maximum absolute atomic E-state index is 4.45. The van der Waals surface area contributed by atoms with Gasteiger partial charge in [-0.15, -0.1) is 0 Å². The van der Waals surface area contributed by atoms with E-state index < -0.39 is 0 Å². The van der Waals surface area contributed by atoms with E-state index in [4.69, 9.17) is 0 Å². The predicted octanol–water partition coefficient (Wildman–Crippen LogP) is 1.74. The van der Waals surface area contributed by atoms with Gasteiger partial charge in [-0.3, -0.25) is 0 Å². The van der Waals surface area contributed by atoms with Crippen LogP contribution in [0.2, 0.25) is 0 Å². The molecule has 1 aliphatic rings. The summed E-state index contributed by atoms with van der Waals surface area (Å²) in [6, 6.07) is 4.02. The fraction of sp³-hybridized carbons (Fsp3) is 0.353. The van der Waals surface area contributed by atoms with Crippen molar-refractivity contribution in [3.05, 3.63) is 49.1 Å². The number of aromatic nitrogens is 6. The topological polar surface area (TPSA) is 72.6 Å². The van der Waals surface area contributed by atoms with Crippen LogP contribution in [0.1, 0.15) is 12.1 Å². The smallest absolute Gasteiger partial charge is 0.158 e. The Kier molecular flexibility index (Phi) is 3.90. The first-order chi connectivity index (χ1) is 11.8. The molecule has 24 heavy (non-hydrogen) atoms. The second-order valence-electron chi connectivity index (χ2n) is 6.13. The molecule has 0 N–H and O–H groups in total. The van der Waals surface area contributed by atoms with Gasteiger partial charge < -0.3 is 9.47 Å². The van der Waals surface area contributed by atoms with Gasteiger partial charge in [0.1, 0.15) is 24.2 Å². The summed E-state index contributed by atoms with van der Waals surface area (Å²) < 4.78 is 1.97. The molecule has 0 radical (unpaired) electrons. The van der Waals surface area contributed by atoms with Gasteiger partial charge in [0.05, 0.1) is 0 Å². The molecule has 4 rings (SSSR count). The molecule has 0 bridgehead atoms. The Balaban J connectivity index is 1.46. The van der Waals surface area contributed by atoms with Crippen molar-refractivity contribution in [3.63, 3.8) is 0 Å². The third-order valence-corrected chi connectivity index (χ3v) is 4.45. The highest BCUT2D eigenvalue weighted by Gasteiger charge is 2.24.